The largest absolute Gasteiger partial charge is 0.372 e. The van der Waals surface area contributed by atoms with E-state index in [1.165, 1.54) is 4.68 Å². The predicted octanol–water partition coefficient (Wildman–Crippen LogP) is 1.75. The Balaban J connectivity index is 1.75. The molecule has 0 unspecified atom stereocenters. The van der Waals surface area contributed by atoms with Crippen LogP contribution in [-0.2, 0) is 10.3 Å². The standard InChI is InChI=1S/C18H13N9O/c1-28-18(6-7-18)15-14(21-24-26(15)9-19)17-23-22-16-11-4-2-3-5-12(11)25-10-20-8-13(25)27(16)17/h2-5,8,10H,6-7H2,1H3. The zero-order valence-corrected chi connectivity index (χ0v) is 14.8. The van der Waals surface area contributed by atoms with E-state index in [9.17, 15) is 5.26 Å². The van der Waals surface area contributed by atoms with Crippen LogP contribution < -0.4 is 0 Å². The number of imidazole rings is 1. The van der Waals surface area contributed by atoms with Gasteiger partial charge in [0.05, 0.1) is 11.7 Å². The van der Waals surface area contributed by atoms with Gasteiger partial charge in [-0.25, -0.2) is 4.98 Å². The fourth-order valence-corrected chi connectivity index (χ4v) is 3.90. The van der Waals surface area contributed by atoms with Gasteiger partial charge in [-0.2, -0.15) is 5.26 Å². The molecule has 0 saturated heterocycles. The van der Waals surface area contributed by atoms with Crippen LogP contribution in [0.15, 0.2) is 36.8 Å². The molecule has 0 N–H and O–H groups in total. The van der Waals surface area contributed by atoms with E-state index in [0.29, 0.717) is 22.9 Å². The maximum absolute atomic E-state index is 9.51. The molecule has 136 valence electrons. The van der Waals surface area contributed by atoms with Crippen molar-refractivity contribution in [2.75, 3.05) is 7.11 Å². The Kier molecular flexibility index (Phi) is 2.78. The van der Waals surface area contributed by atoms with Gasteiger partial charge in [0.15, 0.2) is 17.2 Å². The fraction of sp³-hybridized carbons (Fsp3) is 0.222. The smallest absolute Gasteiger partial charge is 0.208 e. The Morgan fingerprint density at radius 1 is 1.18 bits per heavy atom. The number of ether oxygens (including phenoxy) is 1. The molecule has 0 aliphatic heterocycles. The van der Waals surface area contributed by atoms with Gasteiger partial charge in [-0.05, 0) is 25.0 Å². The van der Waals surface area contributed by atoms with Crippen molar-refractivity contribution < 1.29 is 4.74 Å². The van der Waals surface area contributed by atoms with Crippen LogP contribution >= 0.6 is 0 Å². The summed E-state index contributed by atoms with van der Waals surface area (Å²) in [7, 11) is 1.64. The Morgan fingerprint density at radius 2 is 2.04 bits per heavy atom. The number of benzene rings is 1. The number of nitriles is 1. The molecule has 1 aromatic carbocycles. The number of hydrogen-bond acceptors (Lipinski definition) is 7. The molecule has 28 heavy (non-hydrogen) atoms. The van der Waals surface area contributed by atoms with E-state index in [2.05, 4.69) is 31.7 Å². The van der Waals surface area contributed by atoms with Gasteiger partial charge in [0.25, 0.3) is 0 Å². The third-order valence-electron chi connectivity index (χ3n) is 5.42. The fourth-order valence-electron chi connectivity index (χ4n) is 3.90. The molecule has 0 spiro atoms. The molecule has 1 aliphatic carbocycles. The van der Waals surface area contributed by atoms with Gasteiger partial charge in [-0.1, -0.05) is 17.3 Å². The number of rotatable bonds is 3. The van der Waals surface area contributed by atoms with Crippen molar-refractivity contribution in [1.82, 2.24) is 39.0 Å². The summed E-state index contributed by atoms with van der Waals surface area (Å²) in [4.78, 5) is 4.31. The number of hydrogen-bond donors (Lipinski definition) is 0. The van der Waals surface area contributed by atoms with E-state index in [4.69, 9.17) is 4.74 Å². The molecule has 1 fully saturated rings. The first-order chi connectivity index (χ1) is 13.8. The molecule has 0 atom stereocenters. The second-order valence-electron chi connectivity index (χ2n) is 6.82. The van der Waals surface area contributed by atoms with Crippen molar-refractivity contribution in [2.24, 2.45) is 0 Å². The van der Waals surface area contributed by atoms with Crippen LogP contribution in [0.2, 0.25) is 0 Å². The van der Waals surface area contributed by atoms with Crippen LogP contribution in [0.25, 0.3) is 33.7 Å². The second kappa shape index (κ2) is 5.11. The molecular formula is C18H13N9O. The van der Waals surface area contributed by atoms with Gasteiger partial charge < -0.3 is 4.74 Å². The first kappa shape index (κ1) is 15.2. The Bertz CT molecular complexity index is 1430. The van der Waals surface area contributed by atoms with Crippen LogP contribution in [0.4, 0.5) is 0 Å². The zero-order chi connectivity index (χ0) is 18.9. The lowest BCUT2D eigenvalue weighted by atomic mass is 10.1. The lowest BCUT2D eigenvalue weighted by molar-refractivity contribution is 0.0736. The molecule has 0 bridgehead atoms. The summed E-state index contributed by atoms with van der Waals surface area (Å²) in [5.41, 5.74) is 3.02. The molecule has 6 rings (SSSR count). The number of para-hydroxylation sites is 1. The molecule has 4 aromatic heterocycles. The van der Waals surface area contributed by atoms with E-state index < -0.39 is 5.60 Å². The number of fused-ring (bicyclic) bond motifs is 6. The Morgan fingerprint density at radius 3 is 2.82 bits per heavy atom. The summed E-state index contributed by atoms with van der Waals surface area (Å²) in [5.74, 6) is 0.506. The van der Waals surface area contributed by atoms with Gasteiger partial charge in [0, 0.05) is 12.5 Å². The first-order valence-corrected chi connectivity index (χ1v) is 8.77. The van der Waals surface area contributed by atoms with Gasteiger partial charge in [0.1, 0.15) is 23.3 Å². The number of aromatic nitrogens is 8. The van der Waals surface area contributed by atoms with E-state index in [-0.39, 0.29) is 0 Å². The molecule has 0 amide bonds. The third-order valence-corrected chi connectivity index (χ3v) is 5.42. The topological polar surface area (TPSA) is 111 Å². The highest BCUT2D eigenvalue weighted by Gasteiger charge is 2.51. The average Bonchev–Trinajstić information content (AvgIpc) is 3.10. The van der Waals surface area contributed by atoms with Gasteiger partial charge in [-0.15, -0.1) is 20.0 Å². The van der Waals surface area contributed by atoms with E-state index in [1.54, 1.807) is 19.6 Å². The van der Waals surface area contributed by atoms with Crippen LogP contribution in [-0.4, -0.2) is 46.1 Å². The highest BCUT2D eigenvalue weighted by molar-refractivity contribution is 5.94. The summed E-state index contributed by atoms with van der Waals surface area (Å²) >= 11 is 0. The lowest BCUT2D eigenvalue weighted by Crippen LogP contribution is -2.16. The summed E-state index contributed by atoms with van der Waals surface area (Å²) in [5, 5.41) is 27.6. The van der Waals surface area contributed by atoms with Crippen molar-refractivity contribution in [3.05, 3.63) is 42.5 Å². The Labute approximate surface area is 157 Å². The van der Waals surface area contributed by atoms with Crippen molar-refractivity contribution >= 4 is 22.2 Å². The highest BCUT2D eigenvalue weighted by atomic mass is 16.5. The summed E-state index contributed by atoms with van der Waals surface area (Å²) in [6, 6.07) is 7.94. The molecule has 5 aromatic rings. The molecule has 1 saturated carbocycles. The predicted molar refractivity (Wildman–Crippen MR) is 97.2 cm³/mol. The van der Waals surface area contributed by atoms with E-state index >= 15 is 0 Å². The van der Waals surface area contributed by atoms with Gasteiger partial charge >= 0.3 is 0 Å². The summed E-state index contributed by atoms with van der Waals surface area (Å²) in [6.07, 6.45) is 7.16. The average molecular weight is 371 g/mol. The van der Waals surface area contributed by atoms with Crippen LogP contribution in [0.1, 0.15) is 18.5 Å². The van der Waals surface area contributed by atoms with E-state index in [1.807, 2.05) is 33.1 Å². The number of methoxy groups -OCH3 is 1. The molecule has 10 heteroatoms. The molecule has 10 nitrogen and oxygen atoms in total. The maximum atomic E-state index is 9.51. The molecular weight excluding hydrogens is 358 g/mol. The van der Waals surface area contributed by atoms with Crippen LogP contribution in [0.3, 0.4) is 0 Å². The summed E-state index contributed by atoms with van der Waals surface area (Å²) in [6.45, 7) is 0. The number of nitrogens with zero attached hydrogens (tertiary/aromatic N) is 9. The Hall–Kier alpha value is -3.84. The van der Waals surface area contributed by atoms with E-state index in [0.717, 1.165) is 29.4 Å². The van der Waals surface area contributed by atoms with Crippen molar-refractivity contribution in [2.45, 2.75) is 18.4 Å². The van der Waals surface area contributed by atoms with Gasteiger partial charge in [0.2, 0.25) is 6.19 Å². The minimum atomic E-state index is -0.562. The SMILES string of the molecule is COC1(c2c(-c3nnc4c5ccccc5n5cncc5n34)nnn2C#N)CC1. The minimum absolute atomic E-state index is 0.492. The molecule has 0 radical (unpaired) electrons. The van der Waals surface area contributed by atoms with Gasteiger partial charge in [-0.3, -0.25) is 8.80 Å². The van der Waals surface area contributed by atoms with Crippen LogP contribution in [0, 0.1) is 11.5 Å². The minimum Gasteiger partial charge on any atom is -0.372 e. The third kappa shape index (κ3) is 1.76. The quantitative estimate of drug-likeness (QED) is 0.475. The highest BCUT2D eigenvalue weighted by Crippen LogP contribution is 2.51. The maximum Gasteiger partial charge on any atom is 0.208 e. The van der Waals surface area contributed by atoms with Crippen LogP contribution in [0.5, 0.6) is 0 Å². The monoisotopic (exact) mass is 371 g/mol. The second-order valence-corrected chi connectivity index (χ2v) is 6.82. The normalized spacial score (nSPS) is 15.4. The zero-order valence-electron chi connectivity index (χ0n) is 14.8. The van der Waals surface area contributed by atoms with Crippen molar-refractivity contribution in [1.29, 1.82) is 5.26 Å². The lowest BCUT2D eigenvalue weighted by Gasteiger charge is -2.13. The molecule has 4 heterocycles. The first-order valence-electron chi connectivity index (χ1n) is 8.77. The molecule has 1 aliphatic rings. The van der Waals surface area contributed by atoms with Crippen molar-refractivity contribution in [3.8, 4) is 17.7 Å². The van der Waals surface area contributed by atoms with Crippen molar-refractivity contribution in [3.63, 3.8) is 0 Å². The summed E-state index contributed by atoms with van der Waals surface area (Å²) < 4.78 is 10.8.